The summed E-state index contributed by atoms with van der Waals surface area (Å²) in [6.07, 6.45) is 1.42. The van der Waals surface area contributed by atoms with Gasteiger partial charge in [0.25, 0.3) is 0 Å². The fourth-order valence-electron chi connectivity index (χ4n) is 3.11. The van der Waals surface area contributed by atoms with Crippen LogP contribution in [0.25, 0.3) is 10.9 Å². The predicted molar refractivity (Wildman–Crippen MR) is 119 cm³/mol. The van der Waals surface area contributed by atoms with Crippen LogP contribution < -0.4 is 5.32 Å². The molecule has 32 heavy (non-hydrogen) atoms. The van der Waals surface area contributed by atoms with Crippen molar-refractivity contribution in [2.45, 2.75) is 20.8 Å². The number of fused-ring (bicyclic) bond motifs is 1. The number of pyridine rings is 1. The highest BCUT2D eigenvalue weighted by Crippen LogP contribution is 2.31. The van der Waals surface area contributed by atoms with Gasteiger partial charge in [0.1, 0.15) is 5.56 Å². The number of carbonyl (C=O) groups is 3. The van der Waals surface area contributed by atoms with Gasteiger partial charge in [0.05, 0.1) is 42.2 Å². The Labute approximate surface area is 185 Å². The lowest BCUT2D eigenvalue weighted by atomic mass is 10.1. The number of anilines is 2. The summed E-state index contributed by atoms with van der Waals surface area (Å²) in [5, 5.41) is 3.72. The van der Waals surface area contributed by atoms with Crippen LogP contribution >= 0.6 is 0 Å². The monoisotopic (exact) mass is 436 g/mol. The summed E-state index contributed by atoms with van der Waals surface area (Å²) in [6, 6.07) is 11.6. The van der Waals surface area contributed by atoms with E-state index in [2.05, 4.69) is 10.3 Å². The van der Waals surface area contributed by atoms with Crippen LogP contribution in [0.1, 0.15) is 51.8 Å². The highest BCUT2D eigenvalue weighted by molar-refractivity contribution is 6.08. The van der Waals surface area contributed by atoms with E-state index in [9.17, 15) is 14.4 Å². The molecule has 0 radical (unpaired) electrons. The quantitative estimate of drug-likeness (QED) is 0.406. The number of esters is 3. The second-order valence-corrected chi connectivity index (χ2v) is 6.65. The van der Waals surface area contributed by atoms with Gasteiger partial charge >= 0.3 is 17.9 Å². The summed E-state index contributed by atoms with van der Waals surface area (Å²) in [4.78, 5) is 41.3. The molecule has 3 rings (SSSR count). The standard InChI is InChI=1S/C24H24N2O6/c1-4-30-22(27)15-8-7-9-17(12-15)26-21-18-13-16(23(28)31-5-2)10-11-20(18)25-14-19(21)24(29)32-6-3/h7-14H,4-6H2,1-3H3,(H,25,26). The second-order valence-electron chi connectivity index (χ2n) is 6.65. The molecule has 0 aliphatic rings. The number of rotatable bonds is 8. The first kappa shape index (κ1) is 22.7. The molecule has 8 heteroatoms. The minimum atomic E-state index is -0.563. The third-order valence-corrected chi connectivity index (χ3v) is 4.52. The van der Waals surface area contributed by atoms with Crippen LogP contribution in [-0.4, -0.2) is 42.7 Å². The molecule has 166 valence electrons. The maximum atomic E-state index is 12.6. The van der Waals surface area contributed by atoms with Gasteiger partial charge in [-0.3, -0.25) is 4.98 Å². The zero-order valence-electron chi connectivity index (χ0n) is 18.1. The number of nitrogens with one attached hydrogen (secondary N) is 1. The first-order valence-corrected chi connectivity index (χ1v) is 10.3. The molecule has 8 nitrogen and oxygen atoms in total. The van der Waals surface area contributed by atoms with Gasteiger partial charge in [0.15, 0.2) is 0 Å². The molecule has 0 atom stereocenters. The largest absolute Gasteiger partial charge is 0.462 e. The Morgan fingerprint density at radius 3 is 2.09 bits per heavy atom. The Morgan fingerprint density at radius 1 is 0.812 bits per heavy atom. The van der Waals surface area contributed by atoms with Gasteiger partial charge in [-0.05, 0) is 57.2 Å². The van der Waals surface area contributed by atoms with Crippen molar-refractivity contribution < 1.29 is 28.6 Å². The number of carbonyl (C=O) groups excluding carboxylic acids is 3. The number of aromatic nitrogens is 1. The normalized spacial score (nSPS) is 10.5. The van der Waals surface area contributed by atoms with Gasteiger partial charge in [-0.2, -0.15) is 0 Å². The summed E-state index contributed by atoms with van der Waals surface area (Å²) in [5.41, 5.74) is 2.40. The molecule has 0 amide bonds. The van der Waals surface area contributed by atoms with Crippen molar-refractivity contribution in [2.24, 2.45) is 0 Å². The fourth-order valence-corrected chi connectivity index (χ4v) is 3.11. The summed E-state index contributed by atoms with van der Waals surface area (Å²) in [6.45, 7) is 5.86. The SMILES string of the molecule is CCOC(=O)c1cccc(Nc2c(C(=O)OCC)cnc3ccc(C(=O)OCC)cc23)c1. The summed E-state index contributed by atoms with van der Waals surface area (Å²) >= 11 is 0. The van der Waals surface area contributed by atoms with Gasteiger partial charge in [-0.15, -0.1) is 0 Å². The van der Waals surface area contributed by atoms with E-state index in [-0.39, 0.29) is 25.4 Å². The van der Waals surface area contributed by atoms with E-state index in [1.165, 1.54) is 6.20 Å². The minimum absolute atomic E-state index is 0.192. The van der Waals surface area contributed by atoms with E-state index in [4.69, 9.17) is 14.2 Å². The molecule has 0 spiro atoms. The van der Waals surface area contributed by atoms with Crippen LogP contribution in [0, 0.1) is 0 Å². The number of hydrogen-bond acceptors (Lipinski definition) is 8. The van der Waals surface area contributed by atoms with E-state index in [1.807, 2.05) is 0 Å². The fraction of sp³-hybridized carbons (Fsp3) is 0.250. The van der Waals surface area contributed by atoms with Crippen LogP contribution in [0.2, 0.25) is 0 Å². The summed E-state index contributed by atoms with van der Waals surface area (Å²) in [7, 11) is 0. The van der Waals surface area contributed by atoms with Crippen molar-refractivity contribution in [3.63, 3.8) is 0 Å². The average Bonchev–Trinajstić information content (AvgIpc) is 2.79. The Balaban J connectivity index is 2.13. The highest BCUT2D eigenvalue weighted by atomic mass is 16.5. The average molecular weight is 436 g/mol. The lowest BCUT2D eigenvalue weighted by Gasteiger charge is -2.15. The molecule has 3 aromatic rings. The molecule has 0 saturated carbocycles. The number of benzene rings is 2. The van der Waals surface area contributed by atoms with E-state index in [0.717, 1.165) is 0 Å². The molecule has 0 unspecified atom stereocenters. The van der Waals surface area contributed by atoms with Crippen molar-refractivity contribution in [3.8, 4) is 0 Å². The summed E-state index contributed by atoms with van der Waals surface area (Å²) < 4.78 is 15.3. The molecule has 1 N–H and O–H groups in total. The zero-order valence-corrected chi connectivity index (χ0v) is 18.1. The van der Waals surface area contributed by atoms with Crippen molar-refractivity contribution >= 4 is 40.2 Å². The molecule has 0 aliphatic heterocycles. The third-order valence-electron chi connectivity index (χ3n) is 4.52. The first-order chi connectivity index (χ1) is 15.5. The van der Waals surface area contributed by atoms with Crippen LogP contribution in [-0.2, 0) is 14.2 Å². The molecular weight excluding hydrogens is 412 g/mol. The third kappa shape index (κ3) is 5.03. The Kier molecular flexibility index (Phi) is 7.38. The van der Waals surface area contributed by atoms with Crippen LogP contribution in [0.3, 0.4) is 0 Å². The van der Waals surface area contributed by atoms with Gasteiger partial charge < -0.3 is 19.5 Å². The van der Waals surface area contributed by atoms with Gasteiger partial charge in [-0.1, -0.05) is 6.07 Å². The lowest BCUT2D eigenvalue weighted by Crippen LogP contribution is -2.10. The van der Waals surface area contributed by atoms with Gasteiger partial charge in [-0.25, -0.2) is 14.4 Å². The Bertz CT molecular complexity index is 1150. The Morgan fingerprint density at radius 2 is 1.44 bits per heavy atom. The maximum Gasteiger partial charge on any atom is 0.341 e. The maximum absolute atomic E-state index is 12.6. The van der Waals surface area contributed by atoms with Crippen molar-refractivity contribution in [3.05, 3.63) is 65.4 Å². The van der Waals surface area contributed by atoms with E-state index in [1.54, 1.807) is 63.2 Å². The van der Waals surface area contributed by atoms with Gasteiger partial charge in [0, 0.05) is 17.3 Å². The lowest BCUT2D eigenvalue weighted by molar-refractivity contribution is 0.0516. The summed E-state index contributed by atoms with van der Waals surface area (Å²) in [5.74, 6) is -1.50. The van der Waals surface area contributed by atoms with Crippen LogP contribution in [0.4, 0.5) is 11.4 Å². The first-order valence-electron chi connectivity index (χ1n) is 10.3. The number of hydrogen-bond donors (Lipinski definition) is 1. The zero-order chi connectivity index (χ0) is 23.1. The number of nitrogens with zero attached hydrogens (tertiary/aromatic N) is 1. The molecule has 0 fully saturated rings. The van der Waals surface area contributed by atoms with Crippen molar-refractivity contribution in [1.82, 2.24) is 4.98 Å². The van der Waals surface area contributed by atoms with Crippen LogP contribution in [0.5, 0.6) is 0 Å². The minimum Gasteiger partial charge on any atom is -0.462 e. The Hall–Kier alpha value is -3.94. The molecular formula is C24H24N2O6. The predicted octanol–water partition coefficient (Wildman–Crippen LogP) is 4.51. The smallest absolute Gasteiger partial charge is 0.341 e. The van der Waals surface area contributed by atoms with E-state index < -0.39 is 17.9 Å². The molecule has 2 aromatic carbocycles. The second kappa shape index (κ2) is 10.4. The molecule has 1 heterocycles. The van der Waals surface area contributed by atoms with Crippen LogP contribution in [0.15, 0.2) is 48.7 Å². The highest BCUT2D eigenvalue weighted by Gasteiger charge is 2.19. The van der Waals surface area contributed by atoms with Gasteiger partial charge in [0.2, 0.25) is 0 Å². The molecule has 0 bridgehead atoms. The van der Waals surface area contributed by atoms with Crippen molar-refractivity contribution in [1.29, 1.82) is 0 Å². The van der Waals surface area contributed by atoms with E-state index in [0.29, 0.717) is 33.4 Å². The molecule has 0 saturated heterocycles. The van der Waals surface area contributed by atoms with E-state index >= 15 is 0 Å². The molecule has 1 aromatic heterocycles. The van der Waals surface area contributed by atoms with Crippen molar-refractivity contribution in [2.75, 3.05) is 25.1 Å². The molecule has 0 aliphatic carbocycles. The number of ether oxygens (including phenoxy) is 3. The topological polar surface area (TPSA) is 104 Å².